The molecule has 0 saturated carbocycles. The van der Waals surface area contributed by atoms with Crippen LogP contribution in [0.2, 0.25) is 0 Å². The molecule has 0 aliphatic rings. The molecular formula is C16H21N3O3. The minimum Gasteiger partial charge on any atom is -0.435 e. The van der Waals surface area contributed by atoms with Gasteiger partial charge in [-0.15, -0.1) is 0 Å². The van der Waals surface area contributed by atoms with Crippen LogP contribution < -0.4 is 0 Å². The Morgan fingerprint density at radius 2 is 2.27 bits per heavy atom. The number of amides is 1. The zero-order valence-electron chi connectivity index (χ0n) is 13.2. The monoisotopic (exact) mass is 303 g/mol. The van der Waals surface area contributed by atoms with Gasteiger partial charge in [0.15, 0.2) is 5.89 Å². The number of nitrogens with zero attached hydrogens (tertiary/aromatic N) is 3. The minimum atomic E-state index is -0.175. The number of aromatic nitrogens is 2. The summed E-state index contributed by atoms with van der Waals surface area (Å²) in [5.41, 5.74) is 1.58. The average molecular weight is 303 g/mol. The van der Waals surface area contributed by atoms with Gasteiger partial charge in [0.05, 0.1) is 12.3 Å². The Morgan fingerprint density at radius 3 is 2.86 bits per heavy atom. The highest BCUT2D eigenvalue weighted by molar-refractivity contribution is 5.92. The van der Waals surface area contributed by atoms with E-state index in [4.69, 9.17) is 9.15 Å². The SMILES string of the molecule is CCc1nc(C)c(C(=O)N(CCOC)Cc2cccnc2)o1. The minimum absolute atomic E-state index is 0.175. The third kappa shape index (κ3) is 3.92. The van der Waals surface area contributed by atoms with Crippen LogP contribution in [0.25, 0.3) is 0 Å². The summed E-state index contributed by atoms with van der Waals surface area (Å²) in [5.74, 6) is 0.705. The lowest BCUT2D eigenvalue weighted by Gasteiger charge is -2.21. The van der Waals surface area contributed by atoms with Gasteiger partial charge in [0.2, 0.25) is 5.76 Å². The largest absolute Gasteiger partial charge is 0.435 e. The van der Waals surface area contributed by atoms with Gasteiger partial charge >= 0.3 is 0 Å². The van der Waals surface area contributed by atoms with E-state index in [1.165, 1.54) is 0 Å². The smallest absolute Gasteiger partial charge is 0.291 e. The highest BCUT2D eigenvalue weighted by Crippen LogP contribution is 2.15. The number of carbonyl (C=O) groups excluding carboxylic acids is 1. The van der Waals surface area contributed by atoms with Crippen molar-refractivity contribution < 1.29 is 13.9 Å². The van der Waals surface area contributed by atoms with E-state index in [1.807, 2.05) is 19.1 Å². The average Bonchev–Trinajstić information content (AvgIpc) is 2.92. The van der Waals surface area contributed by atoms with E-state index in [1.54, 1.807) is 31.3 Å². The van der Waals surface area contributed by atoms with Gasteiger partial charge in [0, 0.05) is 39.0 Å². The highest BCUT2D eigenvalue weighted by Gasteiger charge is 2.23. The molecule has 6 nitrogen and oxygen atoms in total. The summed E-state index contributed by atoms with van der Waals surface area (Å²) in [7, 11) is 1.61. The molecule has 0 fully saturated rings. The second-order valence-corrected chi connectivity index (χ2v) is 4.96. The van der Waals surface area contributed by atoms with Crippen molar-refractivity contribution in [3.8, 4) is 0 Å². The maximum absolute atomic E-state index is 12.7. The van der Waals surface area contributed by atoms with Crippen molar-refractivity contribution in [2.45, 2.75) is 26.8 Å². The van der Waals surface area contributed by atoms with E-state index in [0.29, 0.717) is 43.5 Å². The number of pyridine rings is 1. The number of hydrogen-bond donors (Lipinski definition) is 0. The van der Waals surface area contributed by atoms with Gasteiger partial charge in [-0.1, -0.05) is 13.0 Å². The van der Waals surface area contributed by atoms with Crippen molar-refractivity contribution in [2.75, 3.05) is 20.3 Å². The fraction of sp³-hybridized carbons (Fsp3) is 0.438. The first-order chi connectivity index (χ1) is 10.7. The fourth-order valence-corrected chi connectivity index (χ4v) is 2.11. The molecule has 2 rings (SSSR count). The second-order valence-electron chi connectivity index (χ2n) is 4.96. The van der Waals surface area contributed by atoms with Crippen LogP contribution in [-0.4, -0.2) is 41.0 Å². The first kappa shape index (κ1) is 16.2. The molecule has 6 heteroatoms. The van der Waals surface area contributed by atoms with Crippen LogP contribution >= 0.6 is 0 Å². The van der Waals surface area contributed by atoms with Crippen LogP contribution in [0, 0.1) is 6.92 Å². The van der Waals surface area contributed by atoms with E-state index in [2.05, 4.69) is 9.97 Å². The lowest BCUT2D eigenvalue weighted by molar-refractivity contribution is 0.0646. The Balaban J connectivity index is 2.19. The number of rotatable bonds is 7. The van der Waals surface area contributed by atoms with Crippen LogP contribution in [-0.2, 0) is 17.7 Å². The van der Waals surface area contributed by atoms with Crippen molar-refractivity contribution >= 4 is 5.91 Å². The molecule has 0 aromatic carbocycles. The predicted molar refractivity (Wildman–Crippen MR) is 81.5 cm³/mol. The first-order valence-electron chi connectivity index (χ1n) is 7.29. The standard InChI is InChI=1S/C16H21N3O3/c1-4-14-18-12(2)15(22-14)16(20)19(8-9-21-3)11-13-6-5-7-17-10-13/h5-7,10H,4,8-9,11H2,1-3H3. The Labute approximate surface area is 130 Å². The summed E-state index contributed by atoms with van der Waals surface area (Å²) < 4.78 is 10.7. The quantitative estimate of drug-likeness (QED) is 0.784. The van der Waals surface area contributed by atoms with Crippen molar-refractivity contribution in [1.29, 1.82) is 0 Å². The second kappa shape index (κ2) is 7.70. The topological polar surface area (TPSA) is 68.5 Å². The fourth-order valence-electron chi connectivity index (χ4n) is 2.11. The predicted octanol–water partition coefficient (Wildman–Crippen LogP) is 2.23. The van der Waals surface area contributed by atoms with E-state index in [0.717, 1.165) is 5.56 Å². The number of ether oxygens (including phenoxy) is 1. The number of hydrogen-bond acceptors (Lipinski definition) is 5. The summed E-state index contributed by atoms with van der Waals surface area (Å²) >= 11 is 0. The molecule has 0 atom stereocenters. The van der Waals surface area contributed by atoms with E-state index < -0.39 is 0 Å². The Hall–Kier alpha value is -2.21. The summed E-state index contributed by atoms with van der Waals surface area (Å²) in [5, 5.41) is 0. The van der Waals surface area contributed by atoms with Gasteiger partial charge in [0.1, 0.15) is 0 Å². The maximum Gasteiger partial charge on any atom is 0.291 e. The molecule has 0 aliphatic heterocycles. The Morgan fingerprint density at radius 1 is 1.45 bits per heavy atom. The molecule has 0 aliphatic carbocycles. The highest BCUT2D eigenvalue weighted by atomic mass is 16.5. The van der Waals surface area contributed by atoms with Crippen molar-refractivity contribution in [3.63, 3.8) is 0 Å². The molecule has 1 amide bonds. The van der Waals surface area contributed by atoms with E-state index in [-0.39, 0.29) is 5.91 Å². The molecule has 0 saturated heterocycles. The molecule has 0 N–H and O–H groups in total. The normalized spacial score (nSPS) is 10.7. The zero-order chi connectivity index (χ0) is 15.9. The van der Waals surface area contributed by atoms with Crippen molar-refractivity contribution in [1.82, 2.24) is 14.9 Å². The number of methoxy groups -OCH3 is 1. The van der Waals surface area contributed by atoms with Gasteiger partial charge in [0.25, 0.3) is 5.91 Å². The van der Waals surface area contributed by atoms with Gasteiger partial charge in [-0.2, -0.15) is 0 Å². The van der Waals surface area contributed by atoms with Gasteiger partial charge in [-0.3, -0.25) is 9.78 Å². The summed E-state index contributed by atoms with van der Waals surface area (Å²) in [6.45, 7) is 5.12. The van der Waals surface area contributed by atoms with Crippen LogP contribution in [0.5, 0.6) is 0 Å². The number of aryl methyl sites for hydroxylation is 2. The summed E-state index contributed by atoms with van der Waals surface area (Å²) in [6.07, 6.45) is 4.12. The molecule has 0 radical (unpaired) electrons. The summed E-state index contributed by atoms with van der Waals surface area (Å²) in [6, 6.07) is 3.79. The van der Waals surface area contributed by atoms with Crippen LogP contribution in [0.4, 0.5) is 0 Å². The number of oxazole rings is 1. The molecule has 0 unspecified atom stereocenters. The maximum atomic E-state index is 12.7. The molecule has 0 bridgehead atoms. The van der Waals surface area contributed by atoms with Crippen LogP contribution in [0.15, 0.2) is 28.9 Å². The first-order valence-corrected chi connectivity index (χ1v) is 7.29. The molecule has 118 valence electrons. The van der Waals surface area contributed by atoms with Gasteiger partial charge in [-0.05, 0) is 18.6 Å². The number of carbonyl (C=O) groups is 1. The van der Waals surface area contributed by atoms with Gasteiger partial charge < -0.3 is 14.1 Å². The lowest BCUT2D eigenvalue weighted by atomic mass is 10.2. The van der Waals surface area contributed by atoms with Crippen LogP contribution in [0.1, 0.15) is 34.6 Å². The Bertz CT molecular complexity index is 610. The molecular weight excluding hydrogens is 282 g/mol. The molecule has 2 aromatic rings. The third-order valence-corrected chi connectivity index (χ3v) is 3.29. The molecule has 2 aromatic heterocycles. The van der Waals surface area contributed by atoms with Crippen molar-refractivity contribution in [2.24, 2.45) is 0 Å². The molecule has 0 spiro atoms. The Kier molecular flexibility index (Phi) is 5.66. The van der Waals surface area contributed by atoms with E-state index >= 15 is 0 Å². The lowest BCUT2D eigenvalue weighted by Crippen LogP contribution is -2.33. The summed E-state index contributed by atoms with van der Waals surface area (Å²) in [4.78, 5) is 22.8. The van der Waals surface area contributed by atoms with Gasteiger partial charge in [-0.25, -0.2) is 4.98 Å². The zero-order valence-corrected chi connectivity index (χ0v) is 13.2. The molecule has 2 heterocycles. The van der Waals surface area contributed by atoms with Crippen LogP contribution in [0.3, 0.4) is 0 Å². The van der Waals surface area contributed by atoms with Crippen molar-refractivity contribution in [3.05, 3.63) is 47.4 Å². The molecule has 22 heavy (non-hydrogen) atoms. The third-order valence-electron chi connectivity index (χ3n) is 3.29. The van der Waals surface area contributed by atoms with E-state index in [9.17, 15) is 4.79 Å².